The SMILES string of the molecule is C.C#CC(=C)C(O)CC(C)(C)C.C/C(F)=C/C(=O)C(C)(C)C.C/C=C/C(=O)C(C)(C)C.C=C(C#N)C(O)C(C)(C)C.C=C(C(=O)OCC)C(O)C(C)(C)C.C=C(COC(C)C)C(=O)OCC.CC(=O)OCC(=O)CC(C)(C)C.CC(C)(C)c1cnc(F)nc1.CC(C)=CC(=O)CC(C)(C)C.CCOC(=O)/C=C/COC(C)(C)C. The molecule has 22 heteroatoms. The van der Waals surface area contributed by atoms with E-state index in [1.54, 1.807) is 65.8 Å². The number of aliphatic hydroxyl groups is 3. The molecule has 3 unspecified atom stereocenters. The lowest BCUT2D eigenvalue weighted by molar-refractivity contribution is -0.146. The van der Waals surface area contributed by atoms with Gasteiger partial charge in [0.05, 0.1) is 85.8 Å². The molecule has 0 aromatic carbocycles. The van der Waals surface area contributed by atoms with Gasteiger partial charge >= 0.3 is 30.0 Å². The van der Waals surface area contributed by atoms with Crippen LogP contribution in [0.1, 0.15) is 288 Å². The first-order valence-corrected chi connectivity index (χ1v) is 37.5. The number of Topliss-reactive ketones (excluding diaryl/α,β-unsaturated/α-hetero) is 1. The van der Waals surface area contributed by atoms with Crippen LogP contribution in [0.3, 0.4) is 0 Å². The van der Waals surface area contributed by atoms with Crippen LogP contribution in [-0.2, 0) is 72.2 Å². The number of aliphatic hydroxyl groups excluding tert-OH is 3. The highest BCUT2D eigenvalue weighted by Crippen LogP contribution is 2.27. The van der Waals surface area contributed by atoms with E-state index in [-0.39, 0.29) is 116 Å². The summed E-state index contributed by atoms with van der Waals surface area (Å²) in [5, 5.41) is 36.8. The molecule has 652 valence electrons. The molecule has 0 saturated heterocycles. The Hall–Kier alpha value is -7.73. The summed E-state index contributed by atoms with van der Waals surface area (Å²) in [6.07, 6.45) is 16.3. The van der Waals surface area contributed by atoms with E-state index in [4.69, 9.17) is 35.4 Å². The van der Waals surface area contributed by atoms with Crippen LogP contribution in [0.15, 0.2) is 109 Å². The lowest BCUT2D eigenvalue weighted by Crippen LogP contribution is -2.31. The fourth-order valence-electron chi connectivity index (χ4n) is 6.65. The van der Waals surface area contributed by atoms with Gasteiger partial charge in [-0.3, -0.25) is 24.0 Å². The monoisotopic (exact) mass is 1600 g/mol. The van der Waals surface area contributed by atoms with E-state index >= 15 is 0 Å². The predicted octanol–water partition coefficient (Wildman–Crippen LogP) is 20.1. The molecule has 0 bridgehead atoms. The molecule has 0 aliphatic rings. The number of nitriles is 1. The standard InChI is InChI=1S/2C10H18O3.C10H18O.C10H16O.2C9H16O3.C8H11FN2.C8H13FO.C8H13NO.C8H14O.CH4/c1-6-13-9(12)7(2)8(11)10(3,4)5;1-5-12-9(11)7-6-8-13-10(2,3)4;1-8(2)6-9(11)7-10(3,4)5;1-6-8(2)9(11)7-10(3,4)5;1-7(10)12-6-8(11)5-9(2,3)4;1-5-11-9(10)8(4)6-12-7(2)3;1-8(2,3)6-4-10-7(9)11-5-6;1-6(9)5-7(10)8(2,3)4;1-6(5-9)7(10)8(2,3)4;1-5-6-7(9)8(2,3)4;/h8,11H,2,6H2,1,3-5H3;6-7H,5,8H2,1-4H3;6H,7H2,1-5H3;1,9,11H,2,7H2,3-5H3;5-6H2,1-4H3;7H,4-6H2,1-3H3;4-5H,1-3H3;5H,1-4H3;7,10H,1H2,2-4H3;5-6H,1-4H3;1H4/b;7-6+;;;;;;6-5-;;6-5+;. The molecule has 1 heterocycles. The number of halogens is 2. The van der Waals surface area contributed by atoms with Gasteiger partial charge in [-0.1, -0.05) is 224 Å². The van der Waals surface area contributed by atoms with Crippen molar-refractivity contribution in [2.24, 2.45) is 37.9 Å². The molecule has 1 aromatic heterocycles. The van der Waals surface area contributed by atoms with Crippen molar-refractivity contribution < 1.29 is 90.9 Å². The first-order valence-electron chi connectivity index (χ1n) is 37.5. The van der Waals surface area contributed by atoms with Gasteiger partial charge < -0.3 is 43.7 Å². The molecular formula is C91H157F2N3O17. The molecule has 3 atom stereocenters. The lowest BCUT2D eigenvalue weighted by Gasteiger charge is -2.26. The smallest absolute Gasteiger partial charge is 0.336 e. The van der Waals surface area contributed by atoms with Gasteiger partial charge in [0, 0.05) is 60.7 Å². The summed E-state index contributed by atoms with van der Waals surface area (Å²) in [5.74, 6) is 0.503. The van der Waals surface area contributed by atoms with Crippen LogP contribution < -0.4 is 0 Å². The van der Waals surface area contributed by atoms with Crippen LogP contribution in [-0.4, -0.2) is 142 Å². The maximum atomic E-state index is 12.3. The number of hydrogen-bond acceptors (Lipinski definition) is 20. The molecule has 3 N–H and O–H groups in total. The van der Waals surface area contributed by atoms with Crippen molar-refractivity contribution in [1.29, 1.82) is 5.26 Å². The average molecular weight is 1600 g/mol. The second kappa shape index (κ2) is 62.6. The van der Waals surface area contributed by atoms with Crippen molar-refractivity contribution in [2.45, 2.75) is 318 Å². The highest BCUT2D eigenvalue weighted by atomic mass is 19.1. The zero-order chi connectivity index (χ0) is 91.1. The summed E-state index contributed by atoms with van der Waals surface area (Å²) in [5.41, 5.74) is 1.87. The number of allylic oxidation sites excluding steroid dienone is 6. The zero-order valence-electron chi connectivity index (χ0n) is 76.4. The Labute approximate surface area is 684 Å². The zero-order valence-corrected chi connectivity index (χ0v) is 76.4. The van der Waals surface area contributed by atoms with Gasteiger partial charge in [0.1, 0.15) is 12.4 Å². The number of ketones is 4. The largest absolute Gasteiger partial charge is 0.463 e. The summed E-state index contributed by atoms with van der Waals surface area (Å²) >= 11 is 0. The third kappa shape index (κ3) is 91.3. The van der Waals surface area contributed by atoms with Crippen LogP contribution in [0.2, 0.25) is 0 Å². The number of carbonyl (C=O) groups is 8. The molecule has 1 rings (SSSR count). The Morgan fingerprint density at radius 3 is 1.30 bits per heavy atom. The van der Waals surface area contributed by atoms with Gasteiger partial charge in [0.15, 0.2) is 23.1 Å². The third-order valence-corrected chi connectivity index (χ3v) is 12.6. The van der Waals surface area contributed by atoms with E-state index in [1.165, 1.54) is 32.3 Å². The van der Waals surface area contributed by atoms with Crippen molar-refractivity contribution in [3.63, 3.8) is 0 Å². The average Bonchev–Trinajstić information content (AvgIpc) is 0.779. The van der Waals surface area contributed by atoms with E-state index in [0.717, 1.165) is 17.2 Å². The molecule has 1 aromatic rings. The van der Waals surface area contributed by atoms with Gasteiger partial charge in [-0.05, 0) is 140 Å². The summed E-state index contributed by atoms with van der Waals surface area (Å²) in [4.78, 5) is 94.4. The summed E-state index contributed by atoms with van der Waals surface area (Å²) in [7, 11) is 0. The molecule has 0 aliphatic heterocycles. The Bertz CT molecular complexity index is 3180. The van der Waals surface area contributed by atoms with Gasteiger partial charge in [0.25, 0.3) is 0 Å². The number of carbonyl (C=O) groups excluding carboxylic acids is 8. The van der Waals surface area contributed by atoms with Crippen LogP contribution in [0.5, 0.6) is 0 Å². The highest BCUT2D eigenvalue weighted by molar-refractivity contribution is 5.94. The molecule has 0 radical (unpaired) electrons. The Kier molecular flexibility index (Phi) is 69.9. The fraction of sp³-hybridized carbons (Fsp3) is 0.659. The lowest BCUT2D eigenvalue weighted by atomic mass is 9.85. The normalized spacial score (nSPS) is 12.1. The minimum atomic E-state index is -0.855. The van der Waals surface area contributed by atoms with E-state index < -0.39 is 47.6 Å². The maximum absolute atomic E-state index is 12.3. The number of aromatic nitrogens is 2. The fourth-order valence-corrected chi connectivity index (χ4v) is 6.65. The Morgan fingerprint density at radius 1 is 0.593 bits per heavy atom. The number of rotatable bonds is 22. The number of hydrogen-bond donors (Lipinski definition) is 3. The minimum Gasteiger partial charge on any atom is -0.463 e. The minimum absolute atomic E-state index is 0. The van der Waals surface area contributed by atoms with Crippen LogP contribution >= 0.6 is 0 Å². The summed E-state index contributed by atoms with van der Waals surface area (Å²) in [6, 6.07) is 1.83. The molecule has 113 heavy (non-hydrogen) atoms. The second-order valence-corrected chi connectivity index (χ2v) is 36.1. The number of esters is 4. The third-order valence-electron chi connectivity index (χ3n) is 12.6. The molecule has 0 amide bonds. The summed E-state index contributed by atoms with van der Waals surface area (Å²) in [6.45, 7) is 85.5. The Morgan fingerprint density at radius 2 is 1.02 bits per heavy atom. The Balaban J connectivity index is -0.000000130. The second-order valence-electron chi connectivity index (χ2n) is 36.1. The van der Waals surface area contributed by atoms with Gasteiger partial charge in [-0.15, -0.1) is 6.42 Å². The van der Waals surface area contributed by atoms with Gasteiger partial charge in [-0.2, -0.15) is 9.65 Å². The van der Waals surface area contributed by atoms with E-state index in [2.05, 4.69) is 88.5 Å². The quantitative estimate of drug-likeness (QED) is 0.0243. The molecule has 0 spiro atoms. The van der Waals surface area contributed by atoms with Gasteiger partial charge in [-0.25, -0.2) is 28.7 Å². The van der Waals surface area contributed by atoms with E-state index in [0.29, 0.717) is 56.8 Å². The van der Waals surface area contributed by atoms with Crippen molar-refractivity contribution in [3.8, 4) is 18.4 Å². The highest BCUT2D eigenvalue weighted by Gasteiger charge is 2.30. The van der Waals surface area contributed by atoms with Crippen molar-refractivity contribution in [3.05, 3.63) is 120 Å². The maximum Gasteiger partial charge on any atom is 0.336 e. The molecule has 0 fully saturated rings. The number of ether oxygens (including phenoxy) is 6. The molecule has 20 nitrogen and oxygen atoms in total. The van der Waals surface area contributed by atoms with Crippen molar-refractivity contribution >= 4 is 47.0 Å². The summed E-state index contributed by atoms with van der Waals surface area (Å²) < 4.78 is 53.6. The van der Waals surface area contributed by atoms with Crippen molar-refractivity contribution in [2.75, 3.05) is 39.6 Å². The van der Waals surface area contributed by atoms with Crippen LogP contribution in [0, 0.1) is 67.7 Å². The molecule has 0 saturated carbocycles. The van der Waals surface area contributed by atoms with Crippen LogP contribution in [0.4, 0.5) is 8.78 Å². The van der Waals surface area contributed by atoms with Crippen molar-refractivity contribution in [1.82, 2.24) is 9.97 Å². The number of terminal acetylenes is 1. The topological polar surface area (TPSA) is 302 Å². The van der Waals surface area contributed by atoms with E-state index in [1.807, 2.05) is 165 Å². The molecular weight excluding hydrogens is 1450 g/mol. The predicted molar refractivity (Wildman–Crippen MR) is 458 cm³/mol. The first kappa shape index (κ1) is 126. The van der Waals surface area contributed by atoms with Crippen LogP contribution in [0.25, 0.3) is 0 Å². The first-order chi connectivity index (χ1) is 50.0. The molecule has 0 aliphatic carbocycles. The number of nitrogens with zero attached hydrogens (tertiary/aromatic N) is 3. The van der Waals surface area contributed by atoms with Gasteiger partial charge in [0.2, 0.25) is 0 Å². The van der Waals surface area contributed by atoms with E-state index in [9.17, 15) is 62.5 Å².